The lowest BCUT2D eigenvalue weighted by Crippen LogP contribution is -2.51. The van der Waals surface area contributed by atoms with Gasteiger partial charge in [-0.2, -0.15) is 0 Å². The molecule has 1 aliphatic carbocycles. The number of hydrogen-bond acceptors (Lipinski definition) is 3. The van der Waals surface area contributed by atoms with Crippen molar-refractivity contribution in [3.8, 4) is 0 Å². The Bertz CT molecular complexity index is 338. The molecule has 4 nitrogen and oxygen atoms in total. The van der Waals surface area contributed by atoms with Gasteiger partial charge in [0.15, 0.2) is 0 Å². The van der Waals surface area contributed by atoms with E-state index in [1.807, 2.05) is 25.7 Å². The fourth-order valence-electron chi connectivity index (χ4n) is 3.61. The van der Waals surface area contributed by atoms with Crippen LogP contribution in [0, 0.1) is 5.92 Å². The molecule has 0 spiro atoms. The number of carbonyl (C=O) groups excluding carboxylic acids is 1. The molecule has 0 aromatic rings. The maximum absolute atomic E-state index is 12.4. The molecule has 0 aromatic heterocycles. The first-order valence-corrected chi connectivity index (χ1v) is 8.12. The van der Waals surface area contributed by atoms with Crippen LogP contribution in [-0.2, 0) is 4.74 Å². The number of ether oxygens (including phenoxy) is 1. The average molecular weight is 282 g/mol. The molecular formula is C16H30N2O2. The lowest BCUT2D eigenvalue weighted by Gasteiger charge is -2.43. The van der Waals surface area contributed by atoms with Crippen LogP contribution in [0.1, 0.15) is 65.7 Å². The van der Waals surface area contributed by atoms with Crippen molar-refractivity contribution in [3.05, 3.63) is 0 Å². The summed E-state index contributed by atoms with van der Waals surface area (Å²) in [6.45, 7) is 6.63. The fourth-order valence-corrected chi connectivity index (χ4v) is 3.61. The second-order valence-corrected chi connectivity index (χ2v) is 7.42. The highest BCUT2D eigenvalue weighted by Gasteiger charge is 2.36. The van der Waals surface area contributed by atoms with E-state index in [9.17, 15) is 4.79 Å². The molecule has 2 N–H and O–H groups in total. The lowest BCUT2D eigenvalue weighted by atomic mass is 9.78. The van der Waals surface area contributed by atoms with Crippen LogP contribution >= 0.6 is 0 Å². The van der Waals surface area contributed by atoms with E-state index in [1.165, 1.54) is 19.3 Å². The Balaban J connectivity index is 2.02. The highest BCUT2D eigenvalue weighted by molar-refractivity contribution is 5.68. The number of amides is 1. The smallest absolute Gasteiger partial charge is 0.410 e. The molecule has 1 saturated carbocycles. The van der Waals surface area contributed by atoms with Gasteiger partial charge in [-0.3, -0.25) is 0 Å². The van der Waals surface area contributed by atoms with Crippen molar-refractivity contribution in [2.75, 3.05) is 6.54 Å². The van der Waals surface area contributed by atoms with E-state index < -0.39 is 5.60 Å². The van der Waals surface area contributed by atoms with Gasteiger partial charge in [-0.15, -0.1) is 0 Å². The Morgan fingerprint density at radius 1 is 1.15 bits per heavy atom. The number of hydrogen-bond donors (Lipinski definition) is 1. The maximum Gasteiger partial charge on any atom is 0.410 e. The van der Waals surface area contributed by atoms with Gasteiger partial charge in [0.25, 0.3) is 0 Å². The molecular weight excluding hydrogens is 252 g/mol. The first kappa shape index (κ1) is 15.6. The summed E-state index contributed by atoms with van der Waals surface area (Å²) in [6.07, 6.45) is 7.88. The molecule has 1 amide bonds. The predicted molar refractivity (Wildman–Crippen MR) is 80.5 cm³/mol. The van der Waals surface area contributed by atoms with Crippen LogP contribution in [0.25, 0.3) is 0 Å². The van der Waals surface area contributed by atoms with Crippen LogP contribution in [0.5, 0.6) is 0 Å². The molecule has 0 bridgehead atoms. The zero-order valence-electron chi connectivity index (χ0n) is 13.2. The van der Waals surface area contributed by atoms with Gasteiger partial charge in [0.1, 0.15) is 5.60 Å². The fraction of sp³-hybridized carbons (Fsp3) is 0.938. The van der Waals surface area contributed by atoms with Crippen molar-refractivity contribution in [2.24, 2.45) is 11.7 Å². The standard InChI is InChI=1S/C16H30N2O2/c1-16(2,3)20-15(19)18-10-5-4-9-14(18)12-7-6-8-13(17)11-12/h12-14H,4-11,17H2,1-3H3/t12-,13+,14+/m1/s1. The van der Waals surface area contributed by atoms with Crippen LogP contribution in [0.15, 0.2) is 0 Å². The van der Waals surface area contributed by atoms with E-state index in [0.29, 0.717) is 18.0 Å². The molecule has 1 heterocycles. The Morgan fingerprint density at radius 2 is 1.90 bits per heavy atom. The molecule has 0 radical (unpaired) electrons. The summed E-state index contributed by atoms with van der Waals surface area (Å²) in [5, 5.41) is 0. The molecule has 0 aromatic carbocycles. The van der Waals surface area contributed by atoms with E-state index in [0.717, 1.165) is 32.2 Å². The Morgan fingerprint density at radius 3 is 2.55 bits per heavy atom. The largest absolute Gasteiger partial charge is 0.444 e. The number of likely N-dealkylation sites (tertiary alicyclic amines) is 1. The average Bonchev–Trinajstić information content (AvgIpc) is 2.37. The predicted octanol–water partition coefficient (Wildman–Crippen LogP) is 3.29. The number of rotatable bonds is 1. The van der Waals surface area contributed by atoms with Crippen molar-refractivity contribution in [1.29, 1.82) is 0 Å². The van der Waals surface area contributed by atoms with Crippen molar-refractivity contribution >= 4 is 6.09 Å². The summed E-state index contributed by atoms with van der Waals surface area (Å²) in [5.74, 6) is 0.562. The molecule has 2 aliphatic rings. The third-order valence-corrected chi connectivity index (χ3v) is 4.48. The van der Waals surface area contributed by atoms with Crippen molar-refractivity contribution in [3.63, 3.8) is 0 Å². The SMILES string of the molecule is CC(C)(C)OC(=O)N1CCCC[C@H]1[C@@H]1CCC[C@H](N)C1. The zero-order chi connectivity index (χ0) is 14.8. The highest BCUT2D eigenvalue weighted by Crippen LogP contribution is 2.34. The third-order valence-electron chi connectivity index (χ3n) is 4.48. The number of piperidine rings is 1. The van der Waals surface area contributed by atoms with E-state index >= 15 is 0 Å². The van der Waals surface area contributed by atoms with E-state index in [4.69, 9.17) is 10.5 Å². The van der Waals surface area contributed by atoms with Gasteiger partial charge in [-0.05, 0) is 65.2 Å². The van der Waals surface area contributed by atoms with E-state index in [1.54, 1.807) is 0 Å². The van der Waals surface area contributed by atoms with Gasteiger partial charge < -0.3 is 15.4 Å². The summed E-state index contributed by atoms with van der Waals surface area (Å²) < 4.78 is 5.58. The summed E-state index contributed by atoms with van der Waals surface area (Å²) in [6, 6.07) is 0.654. The van der Waals surface area contributed by atoms with Crippen LogP contribution in [0.4, 0.5) is 4.79 Å². The van der Waals surface area contributed by atoms with Crippen LogP contribution in [-0.4, -0.2) is 35.2 Å². The summed E-state index contributed by atoms with van der Waals surface area (Å²) >= 11 is 0. The monoisotopic (exact) mass is 282 g/mol. The normalized spacial score (nSPS) is 32.0. The van der Waals surface area contributed by atoms with Crippen LogP contribution in [0.3, 0.4) is 0 Å². The minimum absolute atomic E-state index is 0.138. The molecule has 2 rings (SSSR count). The molecule has 3 atom stereocenters. The number of nitrogens with zero attached hydrogens (tertiary/aromatic N) is 1. The molecule has 2 fully saturated rings. The molecule has 4 heteroatoms. The van der Waals surface area contributed by atoms with Gasteiger partial charge in [0, 0.05) is 18.6 Å². The summed E-state index contributed by atoms with van der Waals surface area (Å²) in [5.41, 5.74) is 5.71. The summed E-state index contributed by atoms with van der Waals surface area (Å²) in [7, 11) is 0. The second-order valence-electron chi connectivity index (χ2n) is 7.42. The first-order chi connectivity index (χ1) is 9.37. The zero-order valence-corrected chi connectivity index (χ0v) is 13.2. The van der Waals surface area contributed by atoms with E-state index in [2.05, 4.69) is 0 Å². The minimum atomic E-state index is -0.415. The number of nitrogens with two attached hydrogens (primary N) is 1. The molecule has 20 heavy (non-hydrogen) atoms. The molecule has 116 valence electrons. The minimum Gasteiger partial charge on any atom is -0.444 e. The van der Waals surface area contributed by atoms with Crippen molar-refractivity contribution in [1.82, 2.24) is 4.90 Å². The van der Waals surface area contributed by atoms with Gasteiger partial charge in [0.05, 0.1) is 0 Å². The quantitative estimate of drug-likeness (QED) is 0.803. The summed E-state index contributed by atoms with van der Waals surface area (Å²) in [4.78, 5) is 14.4. The van der Waals surface area contributed by atoms with Crippen LogP contribution < -0.4 is 5.73 Å². The van der Waals surface area contributed by atoms with Gasteiger partial charge in [0.2, 0.25) is 0 Å². The Labute approximate surface area is 123 Å². The molecule has 1 aliphatic heterocycles. The van der Waals surface area contributed by atoms with E-state index in [-0.39, 0.29) is 6.09 Å². The Kier molecular flexibility index (Phi) is 4.95. The van der Waals surface area contributed by atoms with Gasteiger partial charge in [-0.25, -0.2) is 4.79 Å². The maximum atomic E-state index is 12.4. The third kappa shape index (κ3) is 4.11. The van der Waals surface area contributed by atoms with Crippen molar-refractivity contribution in [2.45, 2.75) is 83.4 Å². The Hall–Kier alpha value is -0.770. The highest BCUT2D eigenvalue weighted by atomic mass is 16.6. The van der Waals surface area contributed by atoms with Gasteiger partial charge in [-0.1, -0.05) is 6.42 Å². The first-order valence-electron chi connectivity index (χ1n) is 8.12. The van der Waals surface area contributed by atoms with Gasteiger partial charge >= 0.3 is 6.09 Å². The van der Waals surface area contributed by atoms with Crippen LogP contribution in [0.2, 0.25) is 0 Å². The lowest BCUT2D eigenvalue weighted by molar-refractivity contribution is -0.00234. The molecule has 0 unspecified atom stereocenters. The number of carbonyl (C=O) groups is 1. The van der Waals surface area contributed by atoms with Crippen molar-refractivity contribution < 1.29 is 9.53 Å². The second kappa shape index (κ2) is 6.33. The topological polar surface area (TPSA) is 55.6 Å². The molecule has 1 saturated heterocycles.